The minimum absolute atomic E-state index is 0.266. The lowest BCUT2D eigenvalue weighted by Gasteiger charge is -2.28. The number of thioether (sulfide) groups is 1. The molecule has 0 spiro atoms. The van der Waals surface area contributed by atoms with Gasteiger partial charge in [0.25, 0.3) is 5.91 Å². The number of carbonyl (C=O) groups is 4. The van der Waals surface area contributed by atoms with E-state index in [2.05, 4.69) is 10.3 Å². The number of alkyl halides is 6. The normalized spacial score (nSPS) is 17.3. The summed E-state index contributed by atoms with van der Waals surface area (Å²) < 4.78 is 79.8. The van der Waals surface area contributed by atoms with Crippen molar-refractivity contribution in [2.24, 2.45) is 22.6 Å². The third-order valence-electron chi connectivity index (χ3n) is 7.24. The number of rotatable bonds is 14. The highest BCUT2D eigenvalue weighted by Crippen LogP contribution is 2.34. The van der Waals surface area contributed by atoms with E-state index < -0.39 is 91.4 Å². The van der Waals surface area contributed by atoms with Gasteiger partial charge >= 0.3 is 18.3 Å². The Morgan fingerprint density at radius 2 is 1.52 bits per heavy atom. The Bertz CT molecular complexity index is 1440. The van der Waals surface area contributed by atoms with Crippen LogP contribution in [0.25, 0.3) is 0 Å². The Morgan fingerprint density at radius 3 is 2.11 bits per heavy atom. The first-order valence-corrected chi connectivity index (χ1v) is 15.2. The highest BCUT2D eigenvalue weighted by atomic mass is 32.2. The van der Waals surface area contributed by atoms with Gasteiger partial charge in [-0.15, -0.1) is 0 Å². The number of nitrogens with zero attached hydrogens (tertiary/aromatic N) is 2. The van der Waals surface area contributed by atoms with Gasteiger partial charge in [0.05, 0.1) is 17.2 Å². The molecule has 2 amide bonds. The number of amides is 2. The summed E-state index contributed by atoms with van der Waals surface area (Å²) in [4.78, 5) is 57.1. The second kappa shape index (κ2) is 15.6. The minimum Gasteiger partial charge on any atom is -0.480 e. The van der Waals surface area contributed by atoms with Gasteiger partial charge in [-0.3, -0.25) is 19.2 Å². The fraction of sp³-hybridized carbons (Fsp3) is 0.433. The average molecular weight is 675 g/mol. The largest absolute Gasteiger partial charge is 0.480 e. The predicted octanol–water partition coefficient (Wildman–Crippen LogP) is 4.57. The number of Topliss-reactive ketones (excluding diaryl/α,β-unsaturated/α-hetero) is 1. The Hall–Kier alpha value is -3.92. The van der Waals surface area contributed by atoms with Gasteiger partial charge in [0.1, 0.15) is 11.8 Å². The molecule has 16 heteroatoms. The van der Waals surface area contributed by atoms with Crippen molar-refractivity contribution in [1.82, 2.24) is 5.32 Å². The van der Waals surface area contributed by atoms with Gasteiger partial charge in [0, 0.05) is 48.6 Å². The highest BCUT2D eigenvalue weighted by Gasteiger charge is 2.41. The van der Waals surface area contributed by atoms with Crippen LogP contribution in [0.1, 0.15) is 36.8 Å². The number of carboxylic acids is 1. The third kappa shape index (κ3) is 10.3. The monoisotopic (exact) mass is 674 g/mol. The number of carboxylic acid groups (broad SMARTS) is 1. The zero-order valence-corrected chi connectivity index (χ0v) is 25.3. The van der Waals surface area contributed by atoms with Crippen LogP contribution in [0.4, 0.5) is 32.0 Å². The maximum absolute atomic E-state index is 13.7. The van der Waals surface area contributed by atoms with Crippen molar-refractivity contribution >= 4 is 46.7 Å². The number of benzene rings is 2. The van der Waals surface area contributed by atoms with Gasteiger partial charge < -0.3 is 21.1 Å². The molecule has 2 aromatic rings. The molecule has 0 fully saturated rings. The van der Waals surface area contributed by atoms with E-state index >= 15 is 0 Å². The Labute approximate surface area is 264 Å². The SMILES string of the molecule is CN1C(=O)[C@@H](NC(=O)[C@H](CCC(F)(F)F)[C@H](CCC(F)(F)F)C(=O)CSC[C@H](N)C(=O)O)N=C(c2ccccc2)c2ccccc21. The second-order valence-corrected chi connectivity index (χ2v) is 11.6. The summed E-state index contributed by atoms with van der Waals surface area (Å²) in [6, 6.07) is 13.8. The number of ketones is 1. The molecule has 1 aliphatic rings. The van der Waals surface area contributed by atoms with Gasteiger partial charge in [-0.1, -0.05) is 48.5 Å². The standard InChI is InChI=1S/C30H32F6N4O5S/c1-40-22-10-6-5-9-20(22)24(17-7-3-2-4-8-17)38-25(27(40)43)39-26(42)19(12-14-30(34,35)36)18(11-13-29(31,32)33)23(41)16-46-15-21(37)28(44)45/h2-10,18-19,21,25H,11-16,37H2,1H3,(H,39,42)(H,44,45)/t18-,19+,21-,25+/m0/s1. The highest BCUT2D eigenvalue weighted by molar-refractivity contribution is 8.00. The smallest absolute Gasteiger partial charge is 0.389 e. The molecule has 3 rings (SSSR count). The van der Waals surface area contributed by atoms with Crippen molar-refractivity contribution in [1.29, 1.82) is 0 Å². The van der Waals surface area contributed by atoms with E-state index in [-0.39, 0.29) is 11.5 Å². The number of benzodiazepines with no additional fused rings is 1. The molecule has 0 aliphatic carbocycles. The topological polar surface area (TPSA) is 142 Å². The maximum atomic E-state index is 13.7. The van der Waals surface area contributed by atoms with E-state index in [4.69, 9.17) is 10.8 Å². The number of aliphatic carboxylic acids is 1. The van der Waals surface area contributed by atoms with Gasteiger partial charge in [-0.2, -0.15) is 38.1 Å². The van der Waals surface area contributed by atoms with Gasteiger partial charge in [0.15, 0.2) is 0 Å². The van der Waals surface area contributed by atoms with Crippen molar-refractivity contribution in [2.75, 3.05) is 23.5 Å². The van der Waals surface area contributed by atoms with E-state index in [0.717, 1.165) is 0 Å². The molecule has 250 valence electrons. The number of aliphatic imine (C=N–C) groups is 1. The first-order chi connectivity index (χ1) is 21.5. The van der Waals surface area contributed by atoms with Crippen LogP contribution < -0.4 is 16.0 Å². The summed E-state index contributed by atoms with van der Waals surface area (Å²) in [5, 5.41) is 11.3. The second-order valence-electron chi connectivity index (χ2n) is 10.6. The molecule has 0 saturated heterocycles. The first-order valence-electron chi connectivity index (χ1n) is 14.0. The van der Waals surface area contributed by atoms with Gasteiger partial charge in [-0.25, -0.2) is 4.99 Å². The van der Waals surface area contributed by atoms with E-state index in [1.165, 1.54) is 11.9 Å². The van der Waals surface area contributed by atoms with Gasteiger partial charge in [-0.05, 0) is 18.9 Å². The molecule has 9 nitrogen and oxygen atoms in total. The third-order valence-corrected chi connectivity index (χ3v) is 8.33. The lowest BCUT2D eigenvalue weighted by atomic mass is 9.81. The molecule has 0 unspecified atom stereocenters. The van der Waals surface area contributed by atoms with E-state index in [9.17, 15) is 45.5 Å². The predicted molar refractivity (Wildman–Crippen MR) is 159 cm³/mol. The maximum Gasteiger partial charge on any atom is 0.389 e. The van der Waals surface area contributed by atoms with E-state index in [1.807, 2.05) is 0 Å². The van der Waals surface area contributed by atoms with Crippen LogP contribution in [0.15, 0.2) is 59.6 Å². The number of nitrogens with two attached hydrogens (primary N) is 1. The summed E-state index contributed by atoms with van der Waals surface area (Å²) in [6.07, 6.45) is -16.5. The van der Waals surface area contributed by atoms with E-state index in [0.29, 0.717) is 28.6 Å². The molecule has 46 heavy (non-hydrogen) atoms. The number of anilines is 1. The molecule has 0 saturated carbocycles. The number of halogens is 6. The summed E-state index contributed by atoms with van der Waals surface area (Å²) in [6.45, 7) is 0. The number of likely N-dealkylation sites (N-methyl/N-ethyl adjacent to an activating group) is 1. The van der Waals surface area contributed by atoms with Crippen LogP contribution in [0, 0.1) is 11.8 Å². The molecule has 1 heterocycles. The molecular formula is C30H32F6N4O5S. The molecule has 2 aromatic carbocycles. The van der Waals surface area contributed by atoms with E-state index in [1.54, 1.807) is 54.6 Å². The number of nitrogens with one attached hydrogen (secondary N) is 1. The number of hydrogen-bond acceptors (Lipinski definition) is 7. The Balaban J connectivity index is 2.00. The lowest BCUT2D eigenvalue weighted by molar-refractivity contribution is -0.152. The molecular weight excluding hydrogens is 642 g/mol. The number of hydrogen-bond donors (Lipinski definition) is 3. The Kier molecular flexibility index (Phi) is 12.4. The number of fused-ring (bicyclic) bond motifs is 1. The van der Waals surface area contributed by atoms with Crippen LogP contribution in [-0.4, -0.2) is 77.5 Å². The van der Waals surface area contributed by atoms with Crippen molar-refractivity contribution in [2.45, 2.75) is 50.2 Å². The van der Waals surface area contributed by atoms with Crippen LogP contribution in [0.2, 0.25) is 0 Å². The van der Waals surface area contributed by atoms with Crippen molar-refractivity contribution in [3.8, 4) is 0 Å². The molecule has 4 atom stereocenters. The van der Waals surface area contributed by atoms with Crippen LogP contribution in [0.3, 0.4) is 0 Å². The number of carbonyl (C=O) groups excluding carboxylic acids is 3. The molecule has 0 aromatic heterocycles. The van der Waals surface area contributed by atoms with Crippen LogP contribution in [0.5, 0.6) is 0 Å². The Morgan fingerprint density at radius 1 is 0.957 bits per heavy atom. The minimum atomic E-state index is -4.82. The zero-order chi connectivity index (χ0) is 34.2. The van der Waals surface area contributed by atoms with Crippen molar-refractivity contribution in [3.05, 3.63) is 65.7 Å². The average Bonchev–Trinajstić information content (AvgIpc) is 3.08. The summed E-state index contributed by atoms with van der Waals surface area (Å²) in [5.74, 6) is -9.10. The summed E-state index contributed by atoms with van der Waals surface area (Å²) >= 11 is 0.669. The fourth-order valence-corrected chi connectivity index (χ4v) is 5.82. The lowest BCUT2D eigenvalue weighted by Crippen LogP contribution is -2.49. The van der Waals surface area contributed by atoms with Crippen LogP contribution >= 0.6 is 11.8 Å². The quantitative estimate of drug-likeness (QED) is 0.249. The fourth-order valence-electron chi connectivity index (χ4n) is 4.89. The van der Waals surface area contributed by atoms with Crippen LogP contribution in [-0.2, 0) is 19.2 Å². The van der Waals surface area contributed by atoms with Gasteiger partial charge in [0.2, 0.25) is 12.1 Å². The molecule has 4 N–H and O–H groups in total. The molecule has 0 bridgehead atoms. The molecule has 0 radical (unpaired) electrons. The van der Waals surface area contributed by atoms with Crippen molar-refractivity contribution in [3.63, 3.8) is 0 Å². The summed E-state index contributed by atoms with van der Waals surface area (Å²) in [7, 11) is 1.40. The summed E-state index contributed by atoms with van der Waals surface area (Å²) in [5.41, 5.74) is 7.13. The first kappa shape index (κ1) is 36.5. The zero-order valence-electron chi connectivity index (χ0n) is 24.5. The number of para-hydroxylation sites is 1. The molecule has 1 aliphatic heterocycles. The van der Waals surface area contributed by atoms with Crippen molar-refractivity contribution < 1.29 is 50.6 Å².